The summed E-state index contributed by atoms with van der Waals surface area (Å²) >= 11 is 0. The van der Waals surface area contributed by atoms with E-state index >= 15 is 0 Å². The van der Waals surface area contributed by atoms with Gasteiger partial charge in [0.05, 0.1) is 5.54 Å². The lowest BCUT2D eigenvalue weighted by molar-refractivity contribution is -0.123. The standard InChI is InChI=1S/C16H24N2O/c1-11-7-6-8-12(2)14(11)18-13(3)9-10-17-16(4,5)15(18)19/h6-8,13,17H,9-10H2,1-5H3. The van der Waals surface area contributed by atoms with Crippen LogP contribution in [0.25, 0.3) is 0 Å². The summed E-state index contributed by atoms with van der Waals surface area (Å²) in [5.41, 5.74) is 2.91. The molecule has 1 aliphatic rings. The highest BCUT2D eigenvalue weighted by Gasteiger charge is 2.38. The van der Waals surface area contributed by atoms with Gasteiger partial charge in [0, 0.05) is 11.7 Å². The lowest BCUT2D eigenvalue weighted by Crippen LogP contribution is -2.53. The second-order valence-electron chi connectivity index (χ2n) is 6.11. The molecule has 1 aliphatic heterocycles. The Bertz CT molecular complexity index is 473. The molecule has 1 fully saturated rings. The Morgan fingerprint density at radius 1 is 1.26 bits per heavy atom. The average molecular weight is 260 g/mol. The topological polar surface area (TPSA) is 32.3 Å². The first-order valence-electron chi connectivity index (χ1n) is 6.99. The molecule has 1 atom stereocenters. The molecule has 0 spiro atoms. The summed E-state index contributed by atoms with van der Waals surface area (Å²) in [6, 6.07) is 6.42. The Morgan fingerprint density at radius 2 is 1.84 bits per heavy atom. The number of nitrogens with one attached hydrogen (secondary N) is 1. The van der Waals surface area contributed by atoms with Crippen molar-refractivity contribution in [2.24, 2.45) is 0 Å². The number of nitrogens with zero attached hydrogens (tertiary/aromatic N) is 1. The number of anilines is 1. The zero-order valence-corrected chi connectivity index (χ0v) is 12.6. The van der Waals surface area contributed by atoms with E-state index in [1.807, 2.05) is 24.8 Å². The van der Waals surface area contributed by atoms with Gasteiger partial charge >= 0.3 is 0 Å². The van der Waals surface area contributed by atoms with Gasteiger partial charge in [-0.05, 0) is 58.7 Å². The number of para-hydroxylation sites is 1. The molecule has 1 aromatic carbocycles. The van der Waals surface area contributed by atoms with Gasteiger partial charge in [-0.15, -0.1) is 0 Å². The van der Waals surface area contributed by atoms with E-state index < -0.39 is 5.54 Å². The number of aryl methyl sites for hydroxylation is 2. The van der Waals surface area contributed by atoms with Crippen molar-refractivity contribution in [1.82, 2.24) is 5.32 Å². The molecule has 19 heavy (non-hydrogen) atoms. The Labute approximate surface area is 116 Å². The van der Waals surface area contributed by atoms with E-state index in [0.717, 1.165) is 29.8 Å². The maximum Gasteiger partial charge on any atom is 0.246 e. The third kappa shape index (κ3) is 2.52. The minimum Gasteiger partial charge on any atom is -0.307 e. The number of carbonyl (C=O) groups excluding carboxylic acids is 1. The van der Waals surface area contributed by atoms with Crippen LogP contribution in [0.3, 0.4) is 0 Å². The molecular formula is C16H24N2O. The van der Waals surface area contributed by atoms with Gasteiger partial charge in [0.2, 0.25) is 5.91 Å². The molecule has 1 aromatic rings. The molecule has 1 amide bonds. The summed E-state index contributed by atoms with van der Waals surface area (Å²) in [5.74, 6) is 0.162. The van der Waals surface area contributed by atoms with Crippen LogP contribution >= 0.6 is 0 Å². The van der Waals surface area contributed by atoms with E-state index in [9.17, 15) is 4.79 Å². The van der Waals surface area contributed by atoms with Crippen LogP contribution in [-0.2, 0) is 4.79 Å². The van der Waals surface area contributed by atoms with Crippen LogP contribution < -0.4 is 10.2 Å². The van der Waals surface area contributed by atoms with Gasteiger partial charge in [-0.3, -0.25) is 4.79 Å². The number of carbonyl (C=O) groups is 1. The van der Waals surface area contributed by atoms with Crippen molar-refractivity contribution in [2.45, 2.75) is 52.6 Å². The van der Waals surface area contributed by atoms with Crippen molar-refractivity contribution in [1.29, 1.82) is 0 Å². The van der Waals surface area contributed by atoms with Crippen molar-refractivity contribution >= 4 is 11.6 Å². The van der Waals surface area contributed by atoms with E-state index in [2.05, 4.69) is 38.2 Å². The predicted molar refractivity (Wildman–Crippen MR) is 79.6 cm³/mol. The summed E-state index contributed by atoms with van der Waals surface area (Å²) in [4.78, 5) is 14.8. The number of benzene rings is 1. The minimum atomic E-state index is -0.501. The van der Waals surface area contributed by atoms with Crippen LogP contribution in [0.15, 0.2) is 18.2 Å². The maximum atomic E-state index is 12.8. The van der Waals surface area contributed by atoms with Gasteiger partial charge in [0.15, 0.2) is 0 Å². The lowest BCUT2D eigenvalue weighted by atomic mass is 10.0. The second kappa shape index (κ2) is 4.97. The molecule has 0 aromatic heterocycles. The van der Waals surface area contributed by atoms with Crippen molar-refractivity contribution in [3.8, 4) is 0 Å². The van der Waals surface area contributed by atoms with E-state index in [1.54, 1.807) is 0 Å². The van der Waals surface area contributed by atoms with Crippen LogP contribution in [0.2, 0.25) is 0 Å². The SMILES string of the molecule is Cc1cccc(C)c1N1C(=O)C(C)(C)NCCC1C. The van der Waals surface area contributed by atoms with Gasteiger partial charge in [-0.2, -0.15) is 0 Å². The first-order chi connectivity index (χ1) is 8.84. The quantitative estimate of drug-likeness (QED) is 0.842. The highest BCUT2D eigenvalue weighted by atomic mass is 16.2. The van der Waals surface area contributed by atoms with Crippen LogP contribution in [-0.4, -0.2) is 24.0 Å². The summed E-state index contributed by atoms with van der Waals surface area (Å²) in [7, 11) is 0. The fourth-order valence-corrected chi connectivity index (χ4v) is 2.81. The summed E-state index contributed by atoms with van der Waals surface area (Å²) < 4.78 is 0. The normalized spacial score (nSPS) is 23.3. The lowest BCUT2D eigenvalue weighted by Gasteiger charge is -2.34. The summed E-state index contributed by atoms with van der Waals surface area (Å²) in [6.07, 6.45) is 0.975. The highest BCUT2D eigenvalue weighted by molar-refractivity contribution is 6.01. The first kappa shape index (κ1) is 14.1. The molecule has 0 radical (unpaired) electrons. The van der Waals surface area contributed by atoms with Crippen LogP contribution in [0, 0.1) is 13.8 Å². The molecule has 0 aliphatic carbocycles. The van der Waals surface area contributed by atoms with Crippen LogP contribution in [0.1, 0.15) is 38.3 Å². The maximum absolute atomic E-state index is 12.8. The Morgan fingerprint density at radius 3 is 2.42 bits per heavy atom. The molecule has 0 saturated carbocycles. The molecule has 3 heteroatoms. The van der Waals surface area contributed by atoms with E-state index in [1.165, 1.54) is 0 Å². The van der Waals surface area contributed by atoms with E-state index in [-0.39, 0.29) is 11.9 Å². The van der Waals surface area contributed by atoms with Gasteiger partial charge in [-0.1, -0.05) is 18.2 Å². The van der Waals surface area contributed by atoms with Gasteiger partial charge in [-0.25, -0.2) is 0 Å². The molecule has 2 rings (SSSR count). The number of amides is 1. The van der Waals surface area contributed by atoms with Gasteiger partial charge in [0.1, 0.15) is 0 Å². The van der Waals surface area contributed by atoms with Gasteiger partial charge < -0.3 is 10.2 Å². The highest BCUT2D eigenvalue weighted by Crippen LogP contribution is 2.30. The van der Waals surface area contributed by atoms with Crippen molar-refractivity contribution in [3.05, 3.63) is 29.3 Å². The Balaban J connectivity index is 2.53. The predicted octanol–water partition coefficient (Wildman–Crippen LogP) is 2.80. The fraction of sp³-hybridized carbons (Fsp3) is 0.562. The van der Waals surface area contributed by atoms with Crippen LogP contribution in [0.4, 0.5) is 5.69 Å². The summed E-state index contributed by atoms with van der Waals surface area (Å²) in [5, 5.41) is 3.35. The van der Waals surface area contributed by atoms with Crippen molar-refractivity contribution < 1.29 is 4.79 Å². The molecule has 1 saturated heterocycles. The Kier molecular flexibility index (Phi) is 3.68. The Hall–Kier alpha value is -1.35. The number of hydrogen-bond donors (Lipinski definition) is 1. The fourth-order valence-electron chi connectivity index (χ4n) is 2.81. The van der Waals surface area contributed by atoms with E-state index in [0.29, 0.717) is 0 Å². The van der Waals surface area contributed by atoms with Gasteiger partial charge in [0.25, 0.3) is 0 Å². The molecular weight excluding hydrogens is 236 g/mol. The monoisotopic (exact) mass is 260 g/mol. The third-order valence-electron chi connectivity index (χ3n) is 4.00. The summed E-state index contributed by atoms with van der Waals surface area (Å²) in [6.45, 7) is 11.1. The molecule has 3 nitrogen and oxygen atoms in total. The minimum absolute atomic E-state index is 0.162. The average Bonchev–Trinajstić information content (AvgIpc) is 2.40. The molecule has 0 bridgehead atoms. The first-order valence-corrected chi connectivity index (χ1v) is 6.99. The number of hydrogen-bond acceptors (Lipinski definition) is 2. The molecule has 1 unspecified atom stereocenters. The molecule has 1 heterocycles. The largest absolute Gasteiger partial charge is 0.307 e. The van der Waals surface area contributed by atoms with Crippen molar-refractivity contribution in [3.63, 3.8) is 0 Å². The van der Waals surface area contributed by atoms with Crippen LogP contribution in [0.5, 0.6) is 0 Å². The smallest absolute Gasteiger partial charge is 0.246 e. The molecule has 104 valence electrons. The van der Waals surface area contributed by atoms with Crippen molar-refractivity contribution in [2.75, 3.05) is 11.4 Å². The third-order valence-corrected chi connectivity index (χ3v) is 4.00. The zero-order valence-electron chi connectivity index (χ0n) is 12.6. The number of rotatable bonds is 1. The van der Waals surface area contributed by atoms with E-state index in [4.69, 9.17) is 0 Å². The second-order valence-corrected chi connectivity index (χ2v) is 6.11. The zero-order chi connectivity index (χ0) is 14.2. The molecule has 1 N–H and O–H groups in total.